The summed E-state index contributed by atoms with van der Waals surface area (Å²) in [6, 6.07) is 18.7. The molecule has 1 aromatic heterocycles. The number of amides is 1. The second-order valence-corrected chi connectivity index (χ2v) is 6.79. The monoisotopic (exact) mass is 399 g/mol. The Morgan fingerprint density at radius 3 is 2.43 bits per heavy atom. The van der Waals surface area contributed by atoms with E-state index in [-0.39, 0.29) is 11.8 Å². The summed E-state index contributed by atoms with van der Waals surface area (Å²) >= 11 is 1.52. The highest BCUT2D eigenvalue weighted by atomic mass is 32.1. The van der Waals surface area contributed by atoms with Gasteiger partial charge in [-0.2, -0.15) is 0 Å². The molecule has 7 heteroatoms. The third-order valence-corrected chi connectivity index (χ3v) is 4.75. The minimum absolute atomic E-state index is 0.0502. The van der Waals surface area contributed by atoms with Crippen LogP contribution in [0.4, 0.5) is 4.39 Å². The van der Waals surface area contributed by atoms with E-state index in [1.807, 2.05) is 47.8 Å². The van der Waals surface area contributed by atoms with E-state index in [1.54, 1.807) is 6.07 Å². The molecule has 3 aromatic rings. The Bertz CT molecular complexity index is 915. The van der Waals surface area contributed by atoms with Crippen LogP contribution in [0.5, 0.6) is 5.75 Å². The Morgan fingerprint density at radius 1 is 0.964 bits per heavy atom. The quantitative estimate of drug-likeness (QED) is 0.587. The second-order valence-electron chi connectivity index (χ2n) is 5.81. The lowest BCUT2D eigenvalue weighted by molar-refractivity contribution is -0.150. The molecule has 0 bridgehead atoms. The van der Waals surface area contributed by atoms with Crippen molar-refractivity contribution in [2.45, 2.75) is 6.04 Å². The molecule has 0 spiro atoms. The van der Waals surface area contributed by atoms with E-state index in [4.69, 9.17) is 9.47 Å². The molecular formula is C21H18FNO4S. The molecule has 1 heterocycles. The third kappa shape index (κ3) is 5.40. The number of halogens is 1. The lowest BCUT2D eigenvalue weighted by atomic mass is 10.1. The molecule has 0 aliphatic carbocycles. The van der Waals surface area contributed by atoms with Gasteiger partial charge in [-0.3, -0.25) is 4.79 Å². The van der Waals surface area contributed by atoms with E-state index < -0.39 is 30.9 Å². The molecule has 5 nitrogen and oxygen atoms in total. The fourth-order valence-electron chi connectivity index (χ4n) is 2.51. The fourth-order valence-corrected chi connectivity index (χ4v) is 3.31. The highest BCUT2D eigenvalue weighted by molar-refractivity contribution is 7.10. The molecule has 0 aliphatic rings. The summed E-state index contributed by atoms with van der Waals surface area (Å²) in [6.45, 7) is -0.935. The summed E-state index contributed by atoms with van der Waals surface area (Å²) in [5, 5.41) is 4.80. The van der Waals surface area contributed by atoms with Crippen LogP contribution in [0.1, 0.15) is 16.5 Å². The Kier molecular flexibility index (Phi) is 6.75. The number of carbonyl (C=O) groups excluding carboxylic acids is 2. The predicted molar refractivity (Wildman–Crippen MR) is 104 cm³/mol. The minimum Gasteiger partial charge on any atom is -0.479 e. The summed E-state index contributed by atoms with van der Waals surface area (Å²) in [5.74, 6) is -1.83. The Morgan fingerprint density at radius 2 is 1.71 bits per heavy atom. The number of rotatable bonds is 8. The van der Waals surface area contributed by atoms with Gasteiger partial charge in [-0.15, -0.1) is 11.3 Å². The number of hydrogen-bond acceptors (Lipinski definition) is 5. The summed E-state index contributed by atoms with van der Waals surface area (Å²) in [5.41, 5.74) is 0.924. The van der Waals surface area contributed by atoms with Gasteiger partial charge in [0.25, 0.3) is 5.91 Å². The summed E-state index contributed by atoms with van der Waals surface area (Å²) < 4.78 is 23.4. The SMILES string of the molecule is O=C(COC(=O)COc1ccccc1F)N[C@@H](c1ccccc1)c1cccs1. The maximum atomic E-state index is 13.5. The summed E-state index contributed by atoms with van der Waals surface area (Å²) in [7, 11) is 0. The zero-order valence-electron chi connectivity index (χ0n) is 14.8. The molecule has 2 aromatic carbocycles. The van der Waals surface area contributed by atoms with Crippen LogP contribution >= 0.6 is 11.3 Å². The number of carbonyl (C=O) groups is 2. The standard InChI is InChI=1S/C21H18FNO4S/c22-16-9-4-5-10-17(16)26-14-20(25)27-13-19(24)23-21(18-11-6-12-28-18)15-7-2-1-3-8-15/h1-12,21H,13-14H2,(H,23,24)/t21-/m0/s1. The lowest BCUT2D eigenvalue weighted by Gasteiger charge is -2.18. The van der Waals surface area contributed by atoms with Gasteiger partial charge in [0.05, 0.1) is 6.04 Å². The minimum atomic E-state index is -0.759. The van der Waals surface area contributed by atoms with Crippen molar-refractivity contribution in [1.82, 2.24) is 5.32 Å². The predicted octanol–water partition coefficient (Wildman–Crippen LogP) is 3.72. The van der Waals surface area contributed by atoms with E-state index in [0.717, 1.165) is 10.4 Å². The highest BCUT2D eigenvalue weighted by Gasteiger charge is 2.18. The van der Waals surface area contributed by atoms with Crippen molar-refractivity contribution in [3.05, 3.63) is 88.4 Å². The van der Waals surface area contributed by atoms with Crippen molar-refractivity contribution in [1.29, 1.82) is 0 Å². The van der Waals surface area contributed by atoms with Gasteiger partial charge in [0, 0.05) is 4.88 Å². The molecule has 0 saturated heterocycles. The smallest absolute Gasteiger partial charge is 0.344 e. The van der Waals surface area contributed by atoms with E-state index in [0.29, 0.717) is 0 Å². The van der Waals surface area contributed by atoms with Crippen molar-refractivity contribution in [2.75, 3.05) is 13.2 Å². The molecule has 3 rings (SSSR count). The van der Waals surface area contributed by atoms with E-state index in [9.17, 15) is 14.0 Å². The lowest BCUT2D eigenvalue weighted by Crippen LogP contribution is -2.33. The zero-order chi connectivity index (χ0) is 19.8. The van der Waals surface area contributed by atoms with Crippen LogP contribution in [-0.4, -0.2) is 25.1 Å². The van der Waals surface area contributed by atoms with Crippen LogP contribution in [0.15, 0.2) is 72.1 Å². The number of hydrogen-bond donors (Lipinski definition) is 1. The van der Waals surface area contributed by atoms with Crippen LogP contribution in [0.2, 0.25) is 0 Å². The molecule has 28 heavy (non-hydrogen) atoms. The highest BCUT2D eigenvalue weighted by Crippen LogP contribution is 2.25. The normalized spacial score (nSPS) is 11.5. The first-order valence-electron chi connectivity index (χ1n) is 8.54. The summed E-state index contributed by atoms with van der Waals surface area (Å²) in [4.78, 5) is 25.0. The van der Waals surface area contributed by atoms with Gasteiger partial charge in [0.15, 0.2) is 24.8 Å². The van der Waals surface area contributed by atoms with Gasteiger partial charge in [-0.05, 0) is 29.1 Å². The average Bonchev–Trinajstić information content (AvgIpc) is 3.25. The Balaban J connectivity index is 1.52. The van der Waals surface area contributed by atoms with Gasteiger partial charge in [-0.25, -0.2) is 9.18 Å². The number of esters is 1. The molecule has 0 fully saturated rings. The molecule has 1 amide bonds. The van der Waals surface area contributed by atoms with Crippen molar-refractivity contribution < 1.29 is 23.5 Å². The number of ether oxygens (including phenoxy) is 2. The van der Waals surface area contributed by atoms with E-state index >= 15 is 0 Å². The third-order valence-electron chi connectivity index (χ3n) is 3.81. The Hall–Kier alpha value is -3.19. The maximum Gasteiger partial charge on any atom is 0.344 e. The molecule has 0 saturated carbocycles. The number of benzene rings is 2. The van der Waals surface area contributed by atoms with Gasteiger partial charge in [0.2, 0.25) is 0 Å². The maximum absolute atomic E-state index is 13.5. The van der Waals surface area contributed by atoms with Crippen LogP contribution in [0, 0.1) is 5.82 Å². The summed E-state index contributed by atoms with van der Waals surface area (Å²) in [6.07, 6.45) is 0. The molecule has 0 unspecified atom stereocenters. The first-order valence-corrected chi connectivity index (χ1v) is 9.42. The molecule has 1 N–H and O–H groups in total. The molecule has 144 valence electrons. The second kappa shape index (κ2) is 9.66. The zero-order valence-corrected chi connectivity index (χ0v) is 15.7. The van der Waals surface area contributed by atoms with Crippen LogP contribution in [0.25, 0.3) is 0 Å². The van der Waals surface area contributed by atoms with Gasteiger partial charge >= 0.3 is 5.97 Å². The molecule has 0 radical (unpaired) electrons. The van der Waals surface area contributed by atoms with Crippen molar-refractivity contribution >= 4 is 23.2 Å². The number of nitrogens with one attached hydrogen (secondary N) is 1. The van der Waals surface area contributed by atoms with Gasteiger partial charge in [0.1, 0.15) is 0 Å². The number of thiophene rings is 1. The molecule has 1 atom stereocenters. The van der Waals surface area contributed by atoms with Crippen LogP contribution in [0.3, 0.4) is 0 Å². The van der Waals surface area contributed by atoms with Crippen molar-refractivity contribution in [3.63, 3.8) is 0 Å². The van der Waals surface area contributed by atoms with Gasteiger partial charge in [-0.1, -0.05) is 48.5 Å². The fraction of sp³-hybridized carbons (Fsp3) is 0.143. The van der Waals surface area contributed by atoms with Gasteiger partial charge < -0.3 is 14.8 Å². The molecule has 0 aliphatic heterocycles. The van der Waals surface area contributed by atoms with Crippen molar-refractivity contribution in [2.24, 2.45) is 0 Å². The van der Waals surface area contributed by atoms with Crippen molar-refractivity contribution in [3.8, 4) is 5.75 Å². The Labute approximate surface area is 165 Å². The topological polar surface area (TPSA) is 64.6 Å². The van der Waals surface area contributed by atoms with E-state index in [2.05, 4.69) is 5.32 Å². The average molecular weight is 399 g/mol. The van der Waals surface area contributed by atoms with Crippen LogP contribution in [-0.2, 0) is 14.3 Å². The first kappa shape index (κ1) is 19.6. The van der Waals surface area contributed by atoms with Crippen LogP contribution < -0.4 is 10.1 Å². The number of para-hydroxylation sites is 1. The molecular weight excluding hydrogens is 381 g/mol. The largest absolute Gasteiger partial charge is 0.479 e. The first-order chi connectivity index (χ1) is 13.6. The van der Waals surface area contributed by atoms with E-state index in [1.165, 1.54) is 29.5 Å².